The zero-order valence-corrected chi connectivity index (χ0v) is 20.4. The molecule has 31 heavy (non-hydrogen) atoms. The van der Waals surface area contributed by atoms with Gasteiger partial charge in [0.2, 0.25) is 0 Å². The van der Waals surface area contributed by atoms with Crippen LogP contribution in [0, 0.1) is 5.92 Å². The molecule has 1 atom stereocenters. The van der Waals surface area contributed by atoms with Gasteiger partial charge in [0.05, 0.1) is 10.4 Å². The summed E-state index contributed by atoms with van der Waals surface area (Å²) in [7, 11) is 0. The molecule has 1 fully saturated rings. The van der Waals surface area contributed by atoms with E-state index in [1.54, 1.807) is 16.2 Å². The molecule has 3 aromatic heterocycles. The first kappa shape index (κ1) is 22.1. The average Bonchev–Trinajstić information content (AvgIpc) is 3.36. The minimum atomic E-state index is -0.524. The lowest BCUT2D eigenvalue weighted by Gasteiger charge is -2.37. The summed E-state index contributed by atoms with van der Waals surface area (Å²) < 4.78 is 7.63. The van der Waals surface area contributed by atoms with Crippen LogP contribution >= 0.6 is 22.7 Å². The summed E-state index contributed by atoms with van der Waals surface area (Å²) in [6.07, 6.45) is 3.64. The maximum Gasteiger partial charge on any atom is 0.410 e. The number of carbonyl (C=O) groups is 2. The molecule has 0 aliphatic carbocycles. The van der Waals surface area contributed by atoms with Crippen molar-refractivity contribution in [3.63, 3.8) is 0 Å². The van der Waals surface area contributed by atoms with E-state index in [1.807, 2.05) is 61.6 Å². The van der Waals surface area contributed by atoms with Crippen LogP contribution < -0.4 is 0 Å². The first-order valence-corrected chi connectivity index (χ1v) is 12.5. The van der Waals surface area contributed by atoms with Gasteiger partial charge in [-0.05, 0) is 59.4 Å². The van der Waals surface area contributed by atoms with Crippen molar-refractivity contribution in [1.29, 1.82) is 0 Å². The number of amides is 2. The van der Waals surface area contributed by atoms with E-state index in [-0.39, 0.29) is 24.0 Å². The molecule has 4 heterocycles. The monoisotopic (exact) mass is 462 g/mol. The second-order valence-corrected chi connectivity index (χ2v) is 11.4. The fraction of sp³-hybridized carbons (Fsp3) is 0.591. The lowest BCUT2D eigenvalue weighted by atomic mass is 9.97. The van der Waals surface area contributed by atoms with Crippen molar-refractivity contribution in [2.24, 2.45) is 5.92 Å². The topological polar surface area (TPSA) is 67.1 Å². The highest BCUT2D eigenvalue weighted by molar-refractivity contribution is 7.21. The van der Waals surface area contributed by atoms with Crippen LogP contribution in [0.4, 0.5) is 4.79 Å². The molecule has 0 radical (unpaired) electrons. The van der Waals surface area contributed by atoms with Crippen molar-refractivity contribution in [2.45, 2.75) is 59.1 Å². The van der Waals surface area contributed by atoms with E-state index in [4.69, 9.17) is 4.74 Å². The SMILES string of the molecule is CC(C)N(CC1CCCN(C(=O)c2cc3c(nc4sccn43)s2)C1)C(=O)OC(C)(C)C. The number of rotatable bonds is 4. The number of thiophene rings is 1. The van der Waals surface area contributed by atoms with E-state index in [9.17, 15) is 9.59 Å². The zero-order chi connectivity index (χ0) is 22.3. The van der Waals surface area contributed by atoms with Gasteiger partial charge in [-0.1, -0.05) is 0 Å². The van der Waals surface area contributed by atoms with Crippen LogP contribution in [0.3, 0.4) is 0 Å². The molecule has 168 valence electrons. The number of hydrogen-bond acceptors (Lipinski definition) is 6. The van der Waals surface area contributed by atoms with Crippen LogP contribution in [0.5, 0.6) is 0 Å². The Morgan fingerprint density at radius 3 is 2.84 bits per heavy atom. The Morgan fingerprint density at radius 1 is 1.35 bits per heavy atom. The summed E-state index contributed by atoms with van der Waals surface area (Å²) in [5.41, 5.74) is 0.470. The minimum Gasteiger partial charge on any atom is -0.444 e. The number of aromatic nitrogens is 2. The largest absolute Gasteiger partial charge is 0.444 e. The molecule has 0 bridgehead atoms. The second-order valence-electron chi connectivity index (χ2n) is 9.45. The summed E-state index contributed by atoms with van der Waals surface area (Å²) in [6, 6.07) is 2.00. The van der Waals surface area contributed by atoms with Gasteiger partial charge in [0.25, 0.3) is 5.91 Å². The lowest BCUT2D eigenvalue weighted by molar-refractivity contribution is 0.0124. The predicted molar refractivity (Wildman–Crippen MR) is 125 cm³/mol. The molecule has 0 aromatic carbocycles. The van der Waals surface area contributed by atoms with Crippen LogP contribution in [0.25, 0.3) is 15.3 Å². The fourth-order valence-corrected chi connectivity index (χ4v) is 5.77. The number of piperidine rings is 1. The summed E-state index contributed by atoms with van der Waals surface area (Å²) >= 11 is 3.05. The van der Waals surface area contributed by atoms with Crippen molar-refractivity contribution < 1.29 is 14.3 Å². The van der Waals surface area contributed by atoms with E-state index < -0.39 is 5.60 Å². The molecule has 0 saturated carbocycles. The van der Waals surface area contributed by atoms with Gasteiger partial charge in [0.15, 0.2) is 4.96 Å². The third-order valence-corrected chi connectivity index (χ3v) is 7.23. The number of imidazole rings is 1. The lowest BCUT2D eigenvalue weighted by Crippen LogP contribution is -2.48. The molecule has 4 rings (SSSR count). The molecule has 0 N–H and O–H groups in total. The number of fused-ring (bicyclic) bond motifs is 3. The number of likely N-dealkylation sites (tertiary alicyclic amines) is 1. The Labute approximate surface area is 190 Å². The molecular weight excluding hydrogens is 432 g/mol. The number of hydrogen-bond donors (Lipinski definition) is 0. The molecular formula is C22H30N4O3S2. The second kappa shape index (κ2) is 8.43. The Balaban J connectivity index is 1.45. The number of ether oxygens (including phenoxy) is 1. The van der Waals surface area contributed by atoms with Gasteiger partial charge in [-0.15, -0.1) is 22.7 Å². The highest BCUT2D eigenvalue weighted by Gasteiger charge is 2.31. The van der Waals surface area contributed by atoms with Crippen molar-refractivity contribution in [3.05, 3.63) is 22.5 Å². The Bertz CT molecular complexity index is 1090. The van der Waals surface area contributed by atoms with Gasteiger partial charge < -0.3 is 14.5 Å². The standard InChI is InChI=1S/C22H30N4O3S2/c1-14(2)26(21(28)29-22(3,4)5)13-15-7-6-8-24(12-15)19(27)17-11-16-18(31-17)23-20-25(16)9-10-30-20/h9-11,14-15H,6-8,12-13H2,1-5H3. The van der Waals surface area contributed by atoms with Gasteiger partial charge in [-0.25, -0.2) is 9.78 Å². The summed E-state index contributed by atoms with van der Waals surface area (Å²) in [5, 5.41) is 2.00. The number of nitrogens with zero attached hydrogens (tertiary/aromatic N) is 4. The first-order valence-electron chi connectivity index (χ1n) is 10.8. The minimum absolute atomic E-state index is 0.0413. The first-order chi connectivity index (χ1) is 14.6. The van der Waals surface area contributed by atoms with Crippen LogP contribution in [-0.2, 0) is 4.74 Å². The molecule has 2 amide bonds. The third-order valence-electron chi connectivity index (χ3n) is 5.46. The van der Waals surface area contributed by atoms with Crippen LogP contribution in [0.1, 0.15) is 57.1 Å². The average molecular weight is 463 g/mol. The van der Waals surface area contributed by atoms with Crippen molar-refractivity contribution in [2.75, 3.05) is 19.6 Å². The maximum atomic E-state index is 13.2. The van der Waals surface area contributed by atoms with Crippen LogP contribution in [0.2, 0.25) is 0 Å². The zero-order valence-electron chi connectivity index (χ0n) is 18.8. The van der Waals surface area contributed by atoms with Crippen molar-refractivity contribution in [3.8, 4) is 0 Å². The highest BCUT2D eigenvalue weighted by Crippen LogP contribution is 2.30. The predicted octanol–water partition coefficient (Wildman–Crippen LogP) is 5.11. The number of thiazole rings is 1. The van der Waals surface area contributed by atoms with E-state index in [1.165, 1.54) is 11.3 Å². The fourth-order valence-electron chi connectivity index (χ4n) is 4.00. The molecule has 1 unspecified atom stereocenters. The highest BCUT2D eigenvalue weighted by atomic mass is 32.1. The normalized spacial score (nSPS) is 17.6. The Kier molecular flexibility index (Phi) is 6.00. The van der Waals surface area contributed by atoms with Crippen LogP contribution in [0.15, 0.2) is 17.6 Å². The molecule has 3 aromatic rings. The quantitative estimate of drug-likeness (QED) is 0.540. The van der Waals surface area contributed by atoms with Gasteiger partial charge in [0.1, 0.15) is 10.4 Å². The summed E-state index contributed by atoms with van der Waals surface area (Å²) in [6.45, 7) is 11.7. The molecule has 0 spiro atoms. The van der Waals surface area contributed by atoms with E-state index in [0.29, 0.717) is 13.1 Å². The van der Waals surface area contributed by atoms with E-state index in [0.717, 1.165) is 39.6 Å². The van der Waals surface area contributed by atoms with Gasteiger partial charge >= 0.3 is 6.09 Å². The molecule has 1 aliphatic rings. The third kappa shape index (κ3) is 4.72. The summed E-state index contributed by atoms with van der Waals surface area (Å²) in [5.74, 6) is 0.298. The van der Waals surface area contributed by atoms with E-state index in [2.05, 4.69) is 4.98 Å². The van der Waals surface area contributed by atoms with Crippen molar-refractivity contribution >= 4 is 50.0 Å². The smallest absolute Gasteiger partial charge is 0.410 e. The van der Waals surface area contributed by atoms with E-state index >= 15 is 0 Å². The van der Waals surface area contributed by atoms with Gasteiger partial charge in [-0.3, -0.25) is 9.20 Å². The summed E-state index contributed by atoms with van der Waals surface area (Å²) in [4.78, 5) is 36.8. The molecule has 9 heteroatoms. The van der Waals surface area contributed by atoms with Gasteiger partial charge in [-0.2, -0.15) is 0 Å². The Morgan fingerprint density at radius 2 is 2.13 bits per heavy atom. The molecule has 1 saturated heterocycles. The maximum absolute atomic E-state index is 13.2. The van der Waals surface area contributed by atoms with Gasteiger partial charge in [0, 0.05) is 37.3 Å². The number of carbonyl (C=O) groups excluding carboxylic acids is 2. The Hall–Kier alpha value is -2.13. The molecule has 7 nitrogen and oxygen atoms in total. The van der Waals surface area contributed by atoms with Crippen molar-refractivity contribution in [1.82, 2.24) is 19.2 Å². The molecule has 1 aliphatic heterocycles. The van der Waals surface area contributed by atoms with Crippen LogP contribution in [-0.4, -0.2) is 62.5 Å².